The van der Waals surface area contributed by atoms with E-state index < -0.39 is 23.5 Å². The summed E-state index contributed by atoms with van der Waals surface area (Å²) >= 11 is 0. The number of urea groups is 1. The van der Waals surface area contributed by atoms with Crippen molar-refractivity contribution in [1.82, 2.24) is 10.2 Å². The van der Waals surface area contributed by atoms with Crippen molar-refractivity contribution in [3.05, 3.63) is 35.6 Å². The molecule has 5 nitrogen and oxygen atoms in total. The third-order valence-electron chi connectivity index (χ3n) is 4.96. The number of aliphatic hydroxyl groups is 1. The van der Waals surface area contributed by atoms with Gasteiger partial charge in [0.05, 0.1) is 12.6 Å². The van der Waals surface area contributed by atoms with Gasteiger partial charge >= 0.3 is 6.03 Å². The number of hydrogen-bond donors (Lipinski definition) is 2. The number of halogens is 1. The first-order valence-corrected chi connectivity index (χ1v) is 7.99. The number of β-amino-alcohol motifs (C(OH)–C–C–N with tert-alkyl or cyclic N) is 1. The zero-order valence-electron chi connectivity index (χ0n) is 13.1. The lowest BCUT2D eigenvalue weighted by molar-refractivity contribution is -0.133. The van der Waals surface area contributed by atoms with Crippen molar-refractivity contribution in [2.45, 2.75) is 44.2 Å². The molecule has 1 atom stereocenters. The highest BCUT2D eigenvalue weighted by Crippen LogP contribution is 2.36. The van der Waals surface area contributed by atoms with Crippen LogP contribution in [0.3, 0.4) is 0 Å². The summed E-state index contributed by atoms with van der Waals surface area (Å²) in [5, 5.41) is 13.0. The van der Waals surface area contributed by atoms with Crippen molar-refractivity contribution in [2.75, 3.05) is 6.54 Å². The summed E-state index contributed by atoms with van der Waals surface area (Å²) in [5.41, 5.74) is -0.463. The molecule has 124 valence electrons. The maximum atomic E-state index is 13.2. The quantitative estimate of drug-likeness (QED) is 0.840. The van der Waals surface area contributed by atoms with E-state index in [2.05, 4.69) is 12.2 Å². The second-order valence-corrected chi connectivity index (χ2v) is 6.68. The Morgan fingerprint density at radius 3 is 2.74 bits per heavy atom. The van der Waals surface area contributed by atoms with Gasteiger partial charge in [-0.2, -0.15) is 0 Å². The number of nitrogens with zero attached hydrogens (tertiary/aromatic N) is 1. The molecule has 1 aromatic rings. The molecule has 0 bridgehead atoms. The Hall–Kier alpha value is -1.95. The lowest BCUT2D eigenvalue weighted by Gasteiger charge is -2.33. The minimum Gasteiger partial charge on any atom is -0.387 e. The number of nitrogens with one attached hydrogen (secondary N) is 1. The van der Waals surface area contributed by atoms with Gasteiger partial charge in [-0.1, -0.05) is 19.1 Å². The van der Waals surface area contributed by atoms with Crippen molar-refractivity contribution < 1.29 is 19.1 Å². The molecule has 6 heteroatoms. The summed E-state index contributed by atoms with van der Waals surface area (Å²) in [6.07, 6.45) is 1.95. The Morgan fingerprint density at radius 1 is 1.39 bits per heavy atom. The van der Waals surface area contributed by atoms with Crippen molar-refractivity contribution in [2.24, 2.45) is 5.92 Å². The van der Waals surface area contributed by atoms with Gasteiger partial charge in [0.1, 0.15) is 11.4 Å². The fraction of sp³-hybridized carbons (Fsp3) is 0.529. The molecule has 1 saturated heterocycles. The van der Waals surface area contributed by atoms with Gasteiger partial charge in [0, 0.05) is 0 Å². The van der Waals surface area contributed by atoms with Crippen molar-refractivity contribution >= 4 is 11.9 Å². The Balaban J connectivity index is 1.73. The van der Waals surface area contributed by atoms with E-state index in [0.717, 1.165) is 17.7 Å². The summed E-state index contributed by atoms with van der Waals surface area (Å²) in [5.74, 6) is -0.182. The predicted octanol–water partition coefficient (Wildman–Crippen LogP) is 2.36. The standard InChI is InChI=1S/C17H21FN2O3/c1-11-5-7-17(8-6-11)15(22)20(16(23)19-17)10-14(21)12-3-2-4-13(18)9-12/h2-4,9,11,14,21H,5-8,10H2,1H3,(H,19,23)/t11?,14-,17?/m1/s1. The summed E-state index contributed by atoms with van der Waals surface area (Å²) < 4.78 is 13.2. The molecule has 0 aromatic heterocycles. The highest BCUT2D eigenvalue weighted by Gasteiger charge is 2.52. The van der Waals surface area contributed by atoms with E-state index in [0.29, 0.717) is 24.3 Å². The number of benzene rings is 1. The average Bonchev–Trinajstić information content (AvgIpc) is 2.75. The lowest BCUT2D eigenvalue weighted by atomic mass is 9.77. The molecule has 1 aromatic carbocycles. The minimum atomic E-state index is -1.10. The van der Waals surface area contributed by atoms with E-state index in [1.165, 1.54) is 18.2 Å². The molecule has 1 aliphatic heterocycles. The van der Waals surface area contributed by atoms with E-state index in [-0.39, 0.29) is 12.5 Å². The second kappa shape index (κ2) is 5.92. The molecule has 1 saturated carbocycles. The van der Waals surface area contributed by atoms with Gasteiger partial charge in [-0.15, -0.1) is 0 Å². The third kappa shape index (κ3) is 2.95. The van der Waals surface area contributed by atoms with E-state index in [4.69, 9.17) is 0 Å². The van der Waals surface area contributed by atoms with Crippen LogP contribution in [0.1, 0.15) is 44.3 Å². The van der Waals surface area contributed by atoms with Crippen LogP contribution in [-0.2, 0) is 4.79 Å². The molecule has 2 fully saturated rings. The SMILES string of the molecule is CC1CCC2(CC1)NC(=O)N(C[C@@H](O)c1cccc(F)c1)C2=O. The molecular formula is C17H21FN2O3. The molecule has 1 aliphatic carbocycles. The first kappa shape index (κ1) is 15.9. The Morgan fingerprint density at radius 2 is 2.09 bits per heavy atom. The van der Waals surface area contributed by atoms with E-state index in [9.17, 15) is 19.1 Å². The van der Waals surface area contributed by atoms with Gasteiger partial charge in [0.15, 0.2) is 0 Å². The maximum Gasteiger partial charge on any atom is 0.325 e. The molecule has 0 radical (unpaired) electrons. The molecule has 3 rings (SSSR count). The number of amides is 3. The van der Waals surface area contributed by atoms with Crippen LogP contribution >= 0.6 is 0 Å². The molecule has 2 N–H and O–H groups in total. The number of hydrogen-bond acceptors (Lipinski definition) is 3. The van der Waals surface area contributed by atoms with Gasteiger partial charge in [0.25, 0.3) is 5.91 Å². The zero-order chi connectivity index (χ0) is 16.6. The monoisotopic (exact) mass is 320 g/mol. The smallest absolute Gasteiger partial charge is 0.325 e. The van der Waals surface area contributed by atoms with Crippen molar-refractivity contribution in [3.8, 4) is 0 Å². The van der Waals surface area contributed by atoms with Crippen LogP contribution < -0.4 is 5.32 Å². The molecule has 1 spiro atoms. The number of aliphatic hydroxyl groups excluding tert-OH is 1. The van der Waals surface area contributed by atoms with Crippen LogP contribution in [0.2, 0.25) is 0 Å². The van der Waals surface area contributed by atoms with Gasteiger partial charge < -0.3 is 10.4 Å². The molecule has 23 heavy (non-hydrogen) atoms. The zero-order valence-corrected chi connectivity index (χ0v) is 13.1. The Bertz CT molecular complexity index is 626. The van der Waals surface area contributed by atoms with Crippen molar-refractivity contribution in [1.29, 1.82) is 0 Å². The Labute approximate surface area is 134 Å². The first-order valence-electron chi connectivity index (χ1n) is 7.99. The molecule has 1 heterocycles. The highest BCUT2D eigenvalue weighted by molar-refractivity contribution is 6.07. The lowest BCUT2D eigenvalue weighted by Crippen LogP contribution is -2.49. The van der Waals surface area contributed by atoms with Crippen LogP contribution in [0.5, 0.6) is 0 Å². The number of carbonyl (C=O) groups is 2. The fourth-order valence-corrected chi connectivity index (χ4v) is 3.43. The molecule has 3 amide bonds. The second-order valence-electron chi connectivity index (χ2n) is 6.68. The van der Waals surface area contributed by atoms with Crippen molar-refractivity contribution in [3.63, 3.8) is 0 Å². The minimum absolute atomic E-state index is 0.161. The number of carbonyl (C=O) groups excluding carboxylic acids is 2. The Kier molecular flexibility index (Phi) is 4.10. The summed E-state index contributed by atoms with van der Waals surface area (Å²) in [6, 6.07) is 5.08. The third-order valence-corrected chi connectivity index (χ3v) is 4.96. The van der Waals surface area contributed by atoms with Gasteiger partial charge in [0.2, 0.25) is 0 Å². The van der Waals surface area contributed by atoms with Crippen LogP contribution in [-0.4, -0.2) is 34.0 Å². The van der Waals surface area contributed by atoms with Gasteiger partial charge in [-0.25, -0.2) is 9.18 Å². The van der Waals surface area contributed by atoms with Crippen LogP contribution in [0, 0.1) is 11.7 Å². The largest absolute Gasteiger partial charge is 0.387 e. The molecule has 2 aliphatic rings. The predicted molar refractivity (Wildman–Crippen MR) is 82.0 cm³/mol. The highest BCUT2D eigenvalue weighted by atomic mass is 19.1. The fourth-order valence-electron chi connectivity index (χ4n) is 3.43. The van der Waals surface area contributed by atoms with Crippen LogP contribution in [0.4, 0.5) is 9.18 Å². The summed E-state index contributed by atoms with van der Waals surface area (Å²) in [4.78, 5) is 25.9. The normalized spacial score (nSPS) is 29.0. The summed E-state index contributed by atoms with van der Waals surface area (Å²) in [7, 11) is 0. The summed E-state index contributed by atoms with van der Waals surface area (Å²) in [6.45, 7) is 1.98. The van der Waals surface area contributed by atoms with E-state index in [1.807, 2.05) is 0 Å². The van der Waals surface area contributed by atoms with Gasteiger partial charge in [-0.3, -0.25) is 9.69 Å². The number of rotatable bonds is 3. The first-order chi connectivity index (χ1) is 10.9. The number of imide groups is 1. The van der Waals surface area contributed by atoms with Gasteiger partial charge in [-0.05, 0) is 49.3 Å². The van der Waals surface area contributed by atoms with Crippen LogP contribution in [0.25, 0.3) is 0 Å². The topological polar surface area (TPSA) is 69.6 Å². The molecule has 0 unspecified atom stereocenters. The maximum absolute atomic E-state index is 13.2. The van der Waals surface area contributed by atoms with Crippen LogP contribution in [0.15, 0.2) is 24.3 Å². The van der Waals surface area contributed by atoms with E-state index >= 15 is 0 Å². The van der Waals surface area contributed by atoms with E-state index in [1.54, 1.807) is 6.07 Å². The molecular weight excluding hydrogens is 299 g/mol. The average molecular weight is 320 g/mol.